The highest BCUT2D eigenvalue weighted by Crippen LogP contribution is 2.28. The number of aromatic nitrogens is 3. The molecule has 0 radical (unpaired) electrons. The van der Waals surface area contributed by atoms with Gasteiger partial charge < -0.3 is 10.3 Å². The largest absolute Gasteiger partial charge is 0.379 e. The predicted molar refractivity (Wildman–Crippen MR) is 72.7 cm³/mol. The molecule has 18 heavy (non-hydrogen) atoms. The van der Waals surface area contributed by atoms with Crippen LogP contribution in [0.2, 0.25) is 5.02 Å². The average Bonchev–Trinajstić information content (AvgIpc) is 2.92. The van der Waals surface area contributed by atoms with Gasteiger partial charge in [0.1, 0.15) is 0 Å². The molecule has 5 heteroatoms. The summed E-state index contributed by atoms with van der Waals surface area (Å²) in [5, 5.41) is 5.03. The van der Waals surface area contributed by atoms with E-state index >= 15 is 0 Å². The summed E-state index contributed by atoms with van der Waals surface area (Å²) in [6.07, 6.45) is 5.20. The first-order chi connectivity index (χ1) is 8.84. The number of H-pyrrole nitrogens is 1. The van der Waals surface area contributed by atoms with E-state index in [1.54, 1.807) is 18.7 Å². The Morgan fingerprint density at radius 2 is 2.22 bits per heavy atom. The number of nitrogens with one attached hydrogen (secondary N) is 2. The molecule has 4 nitrogen and oxygen atoms in total. The van der Waals surface area contributed by atoms with Crippen molar-refractivity contribution in [2.24, 2.45) is 0 Å². The van der Waals surface area contributed by atoms with Gasteiger partial charge in [-0.1, -0.05) is 11.6 Å². The van der Waals surface area contributed by atoms with Crippen LogP contribution in [0.15, 0.2) is 43.0 Å². The maximum Gasteiger partial charge on any atom is 0.0922 e. The first kappa shape index (κ1) is 11.0. The SMILES string of the molecule is Clc1ccc(NCc2cnc[nH]2)c2cccnc12. The van der Waals surface area contributed by atoms with Crippen LogP contribution in [0.25, 0.3) is 10.9 Å². The van der Waals surface area contributed by atoms with Crippen molar-refractivity contribution in [2.75, 3.05) is 5.32 Å². The number of anilines is 1. The van der Waals surface area contributed by atoms with Gasteiger partial charge in [-0.15, -0.1) is 0 Å². The van der Waals surface area contributed by atoms with Crippen molar-refractivity contribution in [2.45, 2.75) is 6.54 Å². The molecular weight excluding hydrogens is 248 g/mol. The first-order valence-electron chi connectivity index (χ1n) is 5.59. The fourth-order valence-corrected chi connectivity index (χ4v) is 2.08. The first-order valence-corrected chi connectivity index (χ1v) is 5.97. The minimum absolute atomic E-state index is 0.665. The molecule has 0 aliphatic heterocycles. The molecule has 0 amide bonds. The second kappa shape index (κ2) is 4.66. The van der Waals surface area contributed by atoms with Gasteiger partial charge in [0.15, 0.2) is 0 Å². The van der Waals surface area contributed by atoms with E-state index in [0.29, 0.717) is 11.6 Å². The van der Waals surface area contributed by atoms with Crippen LogP contribution in [0.4, 0.5) is 5.69 Å². The van der Waals surface area contributed by atoms with Crippen LogP contribution in [0, 0.1) is 0 Å². The van der Waals surface area contributed by atoms with E-state index < -0.39 is 0 Å². The molecule has 0 aliphatic rings. The third-order valence-corrected chi connectivity index (χ3v) is 3.05. The van der Waals surface area contributed by atoms with Crippen molar-refractivity contribution in [3.8, 4) is 0 Å². The van der Waals surface area contributed by atoms with E-state index in [0.717, 1.165) is 22.3 Å². The Morgan fingerprint density at radius 1 is 1.28 bits per heavy atom. The Bertz CT molecular complexity index is 664. The Hall–Kier alpha value is -2.07. The predicted octanol–water partition coefficient (Wildman–Crippen LogP) is 3.22. The van der Waals surface area contributed by atoms with Gasteiger partial charge >= 0.3 is 0 Å². The Labute approximate surface area is 109 Å². The molecule has 90 valence electrons. The summed E-state index contributed by atoms with van der Waals surface area (Å²) in [6, 6.07) is 7.72. The monoisotopic (exact) mass is 258 g/mol. The van der Waals surface area contributed by atoms with Crippen molar-refractivity contribution >= 4 is 28.2 Å². The number of rotatable bonds is 3. The van der Waals surface area contributed by atoms with E-state index in [-0.39, 0.29) is 0 Å². The number of halogens is 1. The van der Waals surface area contributed by atoms with Crippen LogP contribution < -0.4 is 5.32 Å². The molecule has 3 rings (SSSR count). The number of hydrogen-bond donors (Lipinski definition) is 2. The molecule has 0 fully saturated rings. The third kappa shape index (κ3) is 2.02. The zero-order valence-corrected chi connectivity index (χ0v) is 10.3. The molecule has 2 N–H and O–H groups in total. The number of fused-ring (bicyclic) bond motifs is 1. The average molecular weight is 259 g/mol. The second-order valence-electron chi connectivity index (χ2n) is 3.92. The molecule has 0 saturated heterocycles. The number of aromatic amines is 1. The van der Waals surface area contributed by atoms with Gasteiger partial charge in [-0.05, 0) is 24.3 Å². The van der Waals surface area contributed by atoms with Crippen LogP contribution in [-0.4, -0.2) is 15.0 Å². The Morgan fingerprint density at radius 3 is 3.06 bits per heavy atom. The Balaban J connectivity index is 1.94. The Kier molecular flexibility index (Phi) is 2.86. The van der Waals surface area contributed by atoms with Gasteiger partial charge in [-0.2, -0.15) is 0 Å². The van der Waals surface area contributed by atoms with Crippen LogP contribution in [0.5, 0.6) is 0 Å². The van der Waals surface area contributed by atoms with Gasteiger partial charge in [0.25, 0.3) is 0 Å². The molecule has 0 saturated carbocycles. The van der Waals surface area contributed by atoms with E-state index in [2.05, 4.69) is 20.3 Å². The van der Waals surface area contributed by atoms with E-state index in [1.807, 2.05) is 24.3 Å². The van der Waals surface area contributed by atoms with Gasteiger partial charge in [0.05, 0.1) is 29.1 Å². The molecule has 2 aromatic heterocycles. The second-order valence-corrected chi connectivity index (χ2v) is 4.33. The normalized spacial score (nSPS) is 10.7. The highest BCUT2D eigenvalue weighted by Gasteiger charge is 2.05. The van der Waals surface area contributed by atoms with Crippen molar-refractivity contribution in [1.82, 2.24) is 15.0 Å². The summed E-state index contributed by atoms with van der Waals surface area (Å²) < 4.78 is 0. The topological polar surface area (TPSA) is 53.6 Å². The quantitative estimate of drug-likeness (QED) is 0.758. The molecule has 0 bridgehead atoms. The number of pyridine rings is 1. The molecule has 3 aromatic rings. The van der Waals surface area contributed by atoms with E-state index in [1.165, 1.54) is 0 Å². The smallest absolute Gasteiger partial charge is 0.0922 e. The molecule has 0 aliphatic carbocycles. The molecular formula is C13H11ClN4. The van der Waals surface area contributed by atoms with Crippen LogP contribution in [0.1, 0.15) is 5.69 Å². The lowest BCUT2D eigenvalue weighted by Gasteiger charge is -2.09. The van der Waals surface area contributed by atoms with Crippen LogP contribution >= 0.6 is 11.6 Å². The molecule has 0 spiro atoms. The maximum atomic E-state index is 6.12. The highest BCUT2D eigenvalue weighted by molar-refractivity contribution is 6.35. The van der Waals surface area contributed by atoms with Crippen LogP contribution in [0.3, 0.4) is 0 Å². The lowest BCUT2D eigenvalue weighted by atomic mass is 10.2. The maximum absolute atomic E-state index is 6.12. The van der Waals surface area contributed by atoms with Crippen molar-refractivity contribution in [1.29, 1.82) is 0 Å². The highest BCUT2D eigenvalue weighted by atomic mass is 35.5. The van der Waals surface area contributed by atoms with Crippen molar-refractivity contribution in [3.05, 3.63) is 53.7 Å². The lowest BCUT2D eigenvalue weighted by Crippen LogP contribution is -2.00. The fourth-order valence-electron chi connectivity index (χ4n) is 1.86. The van der Waals surface area contributed by atoms with Gasteiger partial charge in [-0.25, -0.2) is 4.98 Å². The molecule has 2 heterocycles. The zero-order chi connectivity index (χ0) is 12.4. The molecule has 0 atom stereocenters. The van der Waals surface area contributed by atoms with Gasteiger partial charge in [-0.3, -0.25) is 4.98 Å². The standard InChI is InChI=1S/C13H11ClN4/c14-11-3-4-12(10-2-1-5-16-13(10)11)17-7-9-6-15-8-18-9/h1-6,8,17H,7H2,(H,15,18). The summed E-state index contributed by atoms with van der Waals surface area (Å²) in [4.78, 5) is 11.3. The van der Waals surface area contributed by atoms with Gasteiger partial charge in [0, 0.05) is 23.5 Å². The minimum Gasteiger partial charge on any atom is -0.379 e. The number of imidazole rings is 1. The van der Waals surface area contributed by atoms with Gasteiger partial charge in [0.2, 0.25) is 0 Å². The summed E-state index contributed by atoms with van der Waals surface area (Å²) in [6.45, 7) is 0.686. The number of benzene rings is 1. The number of hydrogen-bond acceptors (Lipinski definition) is 3. The summed E-state index contributed by atoms with van der Waals surface area (Å²) in [5.74, 6) is 0. The minimum atomic E-state index is 0.665. The summed E-state index contributed by atoms with van der Waals surface area (Å²) in [7, 11) is 0. The van der Waals surface area contributed by atoms with Crippen LogP contribution in [-0.2, 0) is 6.54 Å². The van der Waals surface area contributed by atoms with E-state index in [9.17, 15) is 0 Å². The fraction of sp³-hybridized carbons (Fsp3) is 0.0769. The van der Waals surface area contributed by atoms with E-state index in [4.69, 9.17) is 11.6 Å². The molecule has 1 aromatic carbocycles. The summed E-state index contributed by atoms with van der Waals surface area (Å²) >= 11 is 6.12. The zero-order valence-electron chi connectivity index (χ0n) is 9.52. The lowest BCUT2D eigenvalue weighted by molar-refractivity contribution is 1.08. The molecule has 0 unspecified atom stereocenters. The van der Waals surface area contributed by atoms with Crippen molar-refractivity contribution in [3.63, 3.8) is 0 Å². The third-order valence-electron chi connectivity index (χ3n) is 2.74. The summed E-state index contributed by atoms with van der Waals surface area (Å²) in [5.41, 5.74) is 2.85. The number of nitrogens with zero attached hydrogens (tertiary/aromatic N) is 2. The van der Waals surface area contributed by atoms with Crippen molar-refractivity contribution < 1.29 is 0 Å².